The molecule has 0 saturated heterocycles. The molecule has 11 heavy (non-hydrogen) atoms. The van der Waals surface area contributed by atoms with Gasteiger partial charge in [0.1, 0.15) is 0 Å². The largest absolute Gasteiger partial charge is 0.103 e. The molecule has 0 radical (unpaired) electrons. The van der Waals surface area contributed by atoms with Crippen LogP contribution in [0.4, 0.5) is 0 Å². The normalized spacial score (nSPS) is 39.8. The maximum Gasteiger partial charge on any atom is -0.00837 e. The summed E-state index contributed by atoms with van der Waals surface area (Å²) in [6, 6.07) is 0. The van der Waals surface area contributed by atoms with Crippen molar-refractivity contribution in [1.29, 1.82) is 0 Å². The highest BCUT2D eigenvalue weighted by molar-refractivity contribution is 5.19. The van der Waals surface area contributed by atoms with Gasteiger partial charge in [0.15, 0.2) is 0 Å². The van der Waals surface area contributed by atoms with E-state index in [1.54, 1.807) is 0 Å². The zero-order valence-electron chi connectivity index (χ0n) is 7.05. The van der Waals surface area contributed by atoms with E-state index in [1.165, 1.54) is 32.1 Å². The molecule has 0 N–H and O–H groups in total. The van der Waals surface area contributed by atoms with E-state index in [4.69, 9.17) is 0 Å². The first-order valence-corrected chi connectivity index (χ1v) is 4.66. The second kappa shape index (κ2) is 2.51. The van der Waals surface area contributed by atoms with Gasteiger partial charge in [0.2, 0.25) is 0 Å². The molecule has 1 spiro atoms. The predicted octanol–water partition coefficient (Wildman–Crippen LogP) is 3.31. The number of allylic oxidation sites excluding steroid dienone is 3. The van der Waals surface area contributed by atoms with Crippen molar-refractivity contribution >= 4 is 0 Å². The lowest BCUT2D eigenvalue weighted by molar-refractivity contribution is 0.532. The molecule has 0 aromatic heterocycles. The standard InChI is InChI=1S/C11H16/c1-2-3-6-10-9-11(10)7-4-5-8-11/h2,4,7,10H,1,3,5-6,8-9H2/t10-,11-/m1/s1. The van der Waals surface area contributed by atoms with E-state index in [0.29, 0.717) is 5.41 Å². The molecule has 0 unspecified atom stereocenters. The molecule has 0 heteroatoms. The summed E-state index contributed by atoms with van der Waals surface area (Å²) in [7, 11) is 0. The molecule has 2 aliphatic rings. The minimum Gasteiger partial charge on any atom is -0.103 e. The van der Waals surface area contributed by atoms with Gasteiger partial charge in [0.25, 0.3) is 0 Å². The van der Waals surface area contributed by atoms with Crippen LogP contribution in [0.1, 0.15) is 32.1 Å². The third-order valence-corrected chi connectivity index (χ3v) is 3.22. The summed E-state index contributed by atoms with van der Waals surface area (Å²) in [5.41, 5.74) is 0.684. The van der Waals surface area contributed by atoms with Crippen molar-refractivity contribution in [2.75, 3.05) is 0 Å². The summed E-state index contributed by atoms with van der Waals surface area (Å²) in [6.07, 6.45) is 13.6. The third-order valence-electron chi connectivity index (χ3n) is 3.22. The topological polar surface area (TPSA) is 0 Å². The number of hydrogen-bond donors (Lipinski definition) is 0. The van der Waals surface area contributed by atoms with Gasteiger partial charge in [-0.1, -0.05) is 18.2 Å². The quantitative estimate of drug-likeness (QED) is 0.539. The Morgan fingerprint density at radius 2 is 2.55 bits per heavy atom. The summed E-state index contributed by atoms with van der Waals surface area (Å²) >= 11 is 0. The van der Waals surface area contributed by atoms with Crippen molar-refractivity contribution in [2.24, 2.45) is 11.3 Å². The minimum atomic E-state index is 0.684. The highest BCUT2D eigenvalue weighted by Gasteiger charge is 2.51. The molecule has 2 rings (SSSR count). The van der Waals surface area contributed by atoms with E-state index >= 15 is 0 Å². The molecule has 60 valence electrons. The van der Waals surface area contributed by atoms with E-state index in [1.807, 2.05) is 6.08 Å². The minimum absolute atomic E-state index is 0.684. The van der Waals surface area contributed by atoms with Crippen LogP contribution >= 0.6 is 0 Å². The fourth-order valence-electron chi connectivity index (χ4n) is 2.37. The van der Waals surface area contributed by atoms with Crippen molar-refractivity contribution in [1.82, 2.24) is 0 Å². The average molecular weight is 148 g/mol. The maximum absolute atomic E-state index is 3.76. The van der Waals surface area contributed by atoms with Crippen LogP contribution in [0.2, 0.25) is 0 Å². The Hall–Kier alpha value is -0.520. The number of rotatable bonds is 3. The van der Waals surface area contributed by atoms with Crippen LogP contribution in [0.5, 0.6) is 0 Å². The molecule has 0 aromatic carbocycles. The molecule has 2 atom stereocenters. The van der Waals surface area contributed by atoms with Gasteiger partial charge in [-0.15, -0.1) is 6.58 Å². The zero-order chi connectivity index (χ0) is 7.73. The van der Waals surface area contributed by atoms with Crippen LogP contribution in [0, 0.1) is 11.3 Å². The van der Waals surface area contributed by atoms with Crippen molar-refractivity contribution in [3.8, 4) is 0 Å². The van der Waals surface area contributed by atoms with Crippen molar-refractivity contribution in [3.63, 3.8) is 0 Å². The molecule has 0 aliphatic heterocycles. The van der Waals surface area contributed by atoms with Crippen LogP contribution in [0.25, 0.3) is 0 Å². The van der Waals surface area contributed by atoms with Gasteiger partial charge in [-0.2, -0.15) is 0 Å². The Bertz CT molecular complexity index is 190. The molecule has 0 amide bonds. The molecular weight excluding hydrogens is 132 g/mol. The van der Waals surface area contributed by atoms with E-state index in [-0.39, 0.29) is 0 Å². The Balaban J connectivity index is 1.84. The van der Waals surface area contributed by atoms with E-state index in [9.17, 15) is 0 Å². The van der Waals surface area contributed by atoms with Gasteiger partial charge >= 0.3 is 0 Å². The van der Waals surface area contributed by atoms with E-state index < -0.39 is 0 Å². The Labute approximate surface area is 69.0 Å². The summed E-state index contributed by atoms with van der Waals surface area (Å²) in [4.78, 5) is 0. The second-order valence-corrected chi connectivity index (χ2v) is 3.94. The molecule has 0 heterocycles. The summed E-state index contributed by atoms with van der Waals surface area (Å²) < 4.78 is 0. The van der Waals surface area contributed by atoms with Crippen LogP contribution in [0.15, 0.2) is 24.8 Å². The zero-order valence-corrected chi connectivity index (χ0v) is 7.05. The predicted molar refractivity (Wildman–Crippen MR) is 48.3 cm³/mol. The van der Waals surface area contributed by atoms with Crippen molar-refractivity contribution in [3.05, 3.63) is 24.8 Å². The van der Waals surface area contributed by atoms with Crippen molar-refractivity contribution < 1.29 is 0 Å². The van der Waals surface area contributed by atoms with Gasteiger partial charge in [-0.05, 0) is 43.4 Å². The third kappa shape index (κ3) is 1.15. The molecule has 0 aromatic rings. The lowest BCUT2D eigenvalue weighted by atomic mass is 10.0. The Morgan fingerprint density at radius 1 is 1.64 bits per heavy atom. The summed E-state index contributed by atoms with van der Waals surface area (Å²) in [5, 5.41) is 0. The number of hydrogen-bond acceptors (Lipinski definition) is 0. The second-order valence-electron chi connectivity index (χ2n) is 3.94. The highest BCUT2D eigenvalue weighted by atomic mass is 14.6. The van der Waals surface area contributed by atoms with Gasteiger partial charge in [0.05, 0.1) is 0 Å². The maximum atomic E-state index is 3.76. The average Bonchev–Trinajstić information content (AvgIpc) is 2.41. The first kappa shape index (κ1) is 7.15. The van der Waals surface area contributed by atoms with Crippen LogP contribution in [0.3, 0.4) is 0 Å². The van der Waals surface area contributed by atoms with Gasteiger partial charge in [0, 0.05) is 0 Å². The van der Waals surface area contributed by atoms with Crippen molar-refractivity contribution in [2.45, 2.75) is 32.1 Å². The van der Waals surface area contributed by atoms with Crippen LogP contribution in [-0.4, -0.2) is 0 Å². The first-order valence-electron chi connectivity index (χ1n) is 4.66. The monoisotopic (exact) mass is 148 g/mol. The molecule has 1 saturated carbocycles. The SMILES string of the molecule is C=CCC[C@@H]1C[C@]12C=CCC2. The lowest BCUT2D eigenvalue weighted by Crippen LogP contribution is -1.94. The molecule has 2 aliphatic carbocycles. The Kier molecular flexibility index (Phi) is 1.63. The molecule has 0 nitrogen and oxygen atoms in total. The Morgan fingerprint density at radius 3 is 3.18 bits per heavy atom. The molecule has 1 fully saturated rings. The van der Waals surface area contributed by atoms with Gasteiger partial charge < -0.3 is 0 Å². The van der Waals surface area contributed by atoms with Crippen LogP contribution < -0.4 is 0 Å². The molecule has 0 bridgehead atoms. The van der Waals surface area contributed by atoms with E-state index in [2.05, 4.69) is 18.7 Å². The smallest absolute Gasteiger partial charge is 0.00837 e. The van der Waals surface area contributed by atoms with Gasteiger partial charge in [-0.25, -0.2) is 0 Å². The van der Waals surface area contributed by atoms with Crippen LogP contribution in [-0.2, 0) is 0 Å². The fraction of sp³-hybridized carbons (Fsp3) is 0.636. The summed E-state index contributed by atoms with van der Waals surface area (Å²) in [5.74, 6) is 0.999. The molecular formula is C11H16. The lowest BCUT2D eigenvalue weighted by Gasteiger charge is -2.03. The van der Waals surface area contributed by atoms with E-state index in [0.717, 1.165) is 5.92 Å². The summed E-state index contributed by atoms with van der Waals surface area (Å²) in [6.45, 7) is 3.76. The van der Waals surface area contributed by atoms with Gasteiger partial charge in [-0.3, -0.25) is 0 Å². The fourth-order valence-corrected chi connectivity index (χ4v) is 2.37. The first-order chi connectivity index (χ1) is 5.37. The highest BCUT2D eigenvalue weighted by Crippen LogP contribution is 2.61.